The van der Waals surface area contributed by atoms with E-state index in [1.807, 2.05) is 11.7 Å². The highest BCUT2D eigenvalue weighted by Crippen LogP contribution is 2.04. The van der Waals surface area contributed by atoms with Crippen molar-refractivity contribution in [1.82, 2.24) is 10.3 Å². The molecule has 1 unspecified atom stereocenters. The van der Waals surface area contributed by atoms with Crippen LogP contribution >= 0.6 is 11.3 Å². The normalized spacial score (nSPS) is 13.2. The average molecular weight is 185 g/mol. The van der Waals surface area contributed by atoms with Gasteiger partial charge in [-0.2, -0.15) is 0 Å². The van der Waals surface area contributed by atoms with Crippen LogP contribution in [-0.4, -0.2) is 18.1 Å². The Morgan fingerprint density at radius 3 is 3.17 bits per heavy atom. The molecule has 0 spiro atoms. The summed E-state index contributed by atoms with van der Waals surface area (Å²) in [6.07, 6.45) is 1.89. The van der Waals surface area contributed by atoms with Crippen LogP contribution in [0.1, 0.15) is 11.8 Å². The van der Waals surface area contributed by atoms with E-state index in [-0.39, 0.29) is 0 Å². The van der Waals surface area contributed by atoms with E-state index in [1.54, 1.807) is 11.3 Å². The number of hydrogen-bond donors (Lipinski definition) is 2. The van der Waals surface area contributed by atoms with Crippen LogP contribution in [0.4, 0.5) is 0 Å². The summed E-state index contributed by atoms with van der Waals surface area (Å²) in [7, 11) is 0. The highest BCUT2D eigenvalue weighted by atomic mass is 32.1. The first-order valence-corrected chi connectivity index (χ1v) is 4.99. The van der Waals surface area contributed by atoms with Gasteiger partial charge in [-0.3, -0.25) is 4.98 Å². The van der Waals surface area contributed by atoms with Crippen molar-refractivity contribution >= 4 is 11.3 Å². The largest absolute Gasteiger partial charge is 0.330 e. The molecule has 1 heterocycles. The molecule has 4 heteroatoms. The van der Waals surface area contributed by atoms with Gasteiger partial charge in [-0.25, -0.2) is 0 Å². The number of nitrogens with two attached hydrogens (primary N) is 1. The van der Waals surface area contributed by atoms with Crippen LogP contribution in [-0.2, 0) is 6.54 Å². The highest BCUT2D eigenvalue weighted by Gasteiger charge is 1.98. The van der Waals surface area contributed by atoms with Crippen molar-refractivity contribution in [3.63, 3.8) is 0 Å². The third-order valence-corrected chi connectivity index (χ3v) is 2.46. The molecule has 0 aliphatic carbocycles. The zero-order chi connectivity index (χ0) is 8.81. The van der Waals surface area contributed by atoms with Crippen LogP contribution in [0.2, 0.25) is 0 Å². The molecule has 0 saturated heterocycles. The second kappa shape index (κ2) is 5.24. The van der Waals surface area contributed by atoms with E-state index < -0.39 is 0 Å². The Kier molecular flexibility index (Phi) is 4.21. The Balaban J connectivity index is 2.11. The number of hydrogen-bond acceptors (Lipinski definition) is 4. The summed E-state index contributed by atoms with van der Waals surface area (Å²) >= 11 is 1.68. The van der Waals surface area contributed by atoms with E-state index in [1.165, 1.54) is 4.88 Å². The lowest BCUT2D eigenvalue weighted by atomic mass is 10.2. The van der Waals surface area contributed by atoms with Gasteiger partial charge < -0.3 is 11.1 Å². The van der Waals surface area contributed by atoms with Gasteiger partial charge in [0.25, 0.3) is 0 Å². The smallest absolute Gasteiger partial charge is 0.0794 e. The first-order chi connectivity index (χ1) is 5.83. The van der Waals surface area contributed by atoms with Gasteiger partial charge in [-0.1, -0.05) is 6.92 Å². The summed E-state index contributed by atoms with van der Waals surface area (Å²) in [5.74, 6) is 0.554. The number of nitrogens with one attached hydrogen (secondary N) is 1. The molecule has 0 saturated carbocycles. The lowest BCUT2D eigenvalue weighted by molar-refractivity contribution is 0.524. The number of rotatable bonds is 5. The number of thiazole rings is 1. The van der Waals surface area contributed by atoms with Crippen LogP contribution < -0.4 is 11.1 Å². The Hall–Kier alpha value is -0.450. The zero-order valence-electron chi connectivity index (χ0n) is 7.29. The molecular formula is C8H15N3S. The molecule has 3 nitrogen and oxygen atoms in total. The Labute approximate surface area is 77.0 Å². The van der Waals surface area contributed by atoms with Crippen molar-refractivity contribution in [3.8, 4) is 0 Å². The summed E-state index contributed by atoms with van der Waals surface area (Å²) in [5.41, 5.74) is 7.33. The average Bonchev–Trinajstić information content (AvgIpc) is 2.57. The molecular weight excluding hydrogens is 170 g/mol. The van der Waals surface area contributed by atoms with Gasteiger partial charge in [0.2, 0.25) is 0 Å². The molecule has 0 radical (unpaired) electrons. The maximum atomic E-state index is 5.48. The summed E-state index contributed by atoms with van der Waals surface area (Å²) in [6.45, 7) is 4.78. The minimum absolute atomic E-state index is 0.554. The molecule has 1 aromatic rings. The topological polar surface area (TPSA) is 50.9 Å². The van der Waals surface area contributed by atoms with Crippen molar-refractivity contribution in [2.75, 3.05) is 13.1 Å². The van der Waals surface area contributed by atoms with Gasteiger partial charge in [0.15, 0.2) is 0 Å². The van der Waals surface area contributed by atoms with Gasteiger partial charge in [0.05, 0.1) is 5.51 Å². The van der Waals surface area contributed by atoms with E-state index in [2.05, 4.69) is 17.2 Å². The van der Waals surface area contributed by atoms with Crippen LogP contribution in [0, 0.1) is 5.92 Å². The van der Waals surface area contributed by atoms with E-state index in [4.69, 9.17) is 5.73 Å². The first-order valence-electron chi connectivity index (χ1n) is 4.11. The fraction of sp³-hybridized carbons (Fsp3) is 0.625. The molecule has 3 N–H and O–H groups in total. The monoisotopic (exact) mass is 185 g/mol. The lowest BCUT2D eigenvalue weighted by Gasteiger charge is -2.08. The molecule has 0 amide bonds. The molecule has 0 aromatic carbocycles. The van der Waals surface area contributed by atoms with Crippen molar-refractivity contribution in [2.45, 2.75) is 13.5 Å². The maximum Gasteiger partial charge on any atom is 0.0794 e. The molecule has 1 atom stereocenters. The van der Waals surface area contributed by atoms with Gasteiger partial charge in [0.1, 0.15) is 0 Å². The maximum absolute atomic E-state index is 5.48. The van der Waals surface area contributed by atoms with Gasteiger partial charge >= 0.3 is 0 Å². The SMILES string of the molecule is CC(CN)CNCc1cncs1. The molecule has 0 fully saturated rings. The van der Waals surface area contributed by atoms with Crippen molar-refractivity contribution in [1.29, 1.82) is 0 Å². The standard InChI is InChI=1S/C8H15N3S/c1-7(2-9)3-10-4-8-5-11-6-12-8/h5-7,10H,2-4,9H2,1H3. The Bertz CT molecular complexity index is 198. The molecule has 0 bridgehead atoms. The lowest BCUT2D eigenvalue weighted by Crippen LogP contribution is -2.25. The molecule has 0 aliphatic rings. The summed E-state index contributed by atoms with van der Waals surface area (Å²) in [6, 6.07) is 0. The Morgan fingerprint density at radius 2 is 2.58 bits per heavy atom. The fourth-order valence-corrected chi connectivity index (χ4v) is 1.42. The first kappa shape index (κ1) is 9.64. The second-order valence-electron chi connectivity index (χ2n) is 2.94. The Morgan fingerprint density at radius 1 is 1.75 bits per heavy atom. The third kappa shape index (κ3) is 3.30. The zero-order valence-corrected chi connectivity index (χ0v) is 8.10. The third-order valence-electron chi connectivity index (χ3n) is 1.68. The van der Waals surface area contributed by atoms with Crippen LogP contribution in [0.3, 0.4) is 0 Å². The van der Waals surface area contributed by atoms with Gasteiger partial charge in [-0.15, -0.1) is 11.3 Å². The minimum Gasteiger partial charge on any atom is -0.330 e. The predicted molar refractivity (Wildman–Crippen MR) is 52.0 cm³/mol. The molecule has 12 heavy (non-hydrogen) atoms. The van der Waals surface area contributed by atoms with E-state index >= 15 is 0 Å². The van der Waals surface area contributed by atoms with E-state index in [9.17, 15) is 0 Å². The van der Waals surface area contributed by atoms with Crippen LogP contribution in [0.25, 0.3) is 0 Å². The highest BCUT2D eigenvalue weighted by molar-refractivity contribution is 7.09. The van der Waals surface area contributed by atoms with Gasteiger partial charge in [0, 0.05) is 17.6 Å². The number of aromatic nitrogens is 1. The molecule has 1 rings (SSSR count). The minimum atomic E-state index is 0.554. The molecule has 68 valence electrons. The second-order valence-corrected chi connectivity index (χ2v) is 3.91. The summed E-state index contributed by atoms with van der Waals surface area (Å²) in [5, 5.41) is 3.33. The molecule has 1 aromatic heterocycles. The van der Waals surface area contributed by atoms with Crippen LogP contribution in [0.15, 0.2) is 11.7 Å². The van der Waals surface area contributed by atoms with Crippen LogP contribution in [0.5, 0.6) is 0 Å². The van der Waals surface area contributed by atoms with E-state index in [0.29, 0.717) is 5.92 Å². The predicted octanol–water partition coefficient (Wildman–Crippen LogP) is 0.828. The molecule has 0 aliphatic heterocycles. The van der Waals surface area contributed by atoms with E-state index in [0.717, 1.165) is 19.6 Å². The van der Waals surface area contributed by atoms with Crippen molar-refractivity contribution in [3.05, 3.63) is 16.6 Å². The van der Waals surface area contributed by atoms with Crippen molar-refractivity contribution in [2.24, 2.45) is 11.7 Å². The quantitative estimate of drug-likeness (QED) is 0.714. The summed E-state index contributed by atoms with van der Waals surface area (Å²) < 4.78 is 0. The fourth-order valence-electron chi connectivity index (χ4n) is 0.855. The van der Waals surface area contributed by atoms with Crippen molar-refractivity contribution < 1.29 is 0 Å². The number of nitrogens with zero attached hydrogens (tertiary/aromatic N) is 1. The summed E-state index contributed by atoms with van der Waals surface area (Å²) in [4.78, 5) is 5.27. The van der Waals surface area contributed by atoms with Gasteiger partial charge in [-0.05, 0) is 19.0 Å².